The van der Waals surface area contributed by atoms with Gasteiger partial charge in [-0.15, -0.1) is 0 Å². The molecule has 24 heavy (non-hydrogen) atoms. The molecule has 2 heterocycles. The summed E-state index contributed by atoms with van der Waals surface area (Å²) >= 11 is 0. The van der Waals surface area contributed by atoms with Gasteiger partial charge in [0.2, 0.25) is 12.2 Å². The van der Waals surface area contributed by atoms with E-state index in [9.17, 15) is 15.0 Å². The summed E-state index contributed by atoms with van der Waals surface area (Å²) in [6.45, 7) is 0.145. The van der Waals surface area contributed by atoms with E-state index < -0.39 is 0 Å². The molecule has 2 N–H and O–H groups in total. The van der Waals surface area contributed by atoms with Crippen molar-refractivity contribution in [3.63, 3.8) is 0 Å². The van der Waals surface area contributed by atoms with Crippen LogP contribution in [-0.4, -0.2) is 17.0 Å². The Morgan fingerprint density at radius 1 is 0.833 bits per heavy atom. The Morgan fingerprint density at radius 3 is 2.46 bits per heavy atom. The minimum atomic E-state index is -0.368. The summed E-state index contributed by atoms with van der Waals surface area (Å²) < 4.78 is 16.6. The lowest BCUT2D eigenvalue weighted by molar-refractivity contribution is 0.175. The van der Waals surface area contributed by atoms with Crippen LogP contribution in [0.2, 0.25) is 0 Å². The van der Waals surface area contributed by atoms with Crippen molar-refractivity contribution in [1.82, 2.24) is 0 Å². The van der Waals surface area contributed by atoms with E-state index in [1.54, 1.807) is 18.2 Å². The van der Waals surface area contributed by atoms with Gasteiger partial charge in [0.1, 0.15) is 11.2 Å². The first-order valence-corrected chi connectivity index (χ1v) is 7.27. The Morgan fingerprint density at radius 2 is 1.58 bits per heavy atom. The van der Waals surface area contributed by atoms with Crippen molar-refractivity contribution in [3.05, 3.63) is 46.6 Å². The summed E-state index contributed by atoms with van der Waals surface area (Å²) in [7, 11) is 0. The molecule has 0 aliphatic carbocycles. The van der Waals surface area contributed by atoms with Gasteiger partial charge in [0, 0.05) is 11.5 Å². The lowest BCUT2D eigenvalue weighted by atomic mass is 10.0. The molecule has 6 nitrogen and oxygen atoms in total. The van der Waals surface area contributed by atoms with Gasteiger partial charge < -0.3 is 24.1 Å². The Labute approximate surface area is 134 Å². The molecular formula is C18H10O6. The zero-order valence-corrected chi connectivity index (χ0v) is 12.2. The van der Waals surface area contributed by atoms with E-state index in [1.165, 1.54) is 12.1 Å². The van der Waals surface area contributed by atoms with E-state index in [2.05, 4.69) is 0 Å². The molecule has 6 heteroatoms. The molecule has 0 radical (unpaired) electrons. The molecule has 118 valence electrons. The highest BCUT2D eigenvalue weighted by Gasteiger charge is 2.19. The van der Waals surface area contributed by atoms with Crippen LogP contribution in [0, 0.1) is 0 Å². The molecule has 1 aromatic heterocycles. The largest absolute Gasteiger partial charge is 0.504 e. The van der Waals surface area contributed by atoms with Crippen molar-refractivity contribution < 1.29 is 24.1 Å². The van der Waals surface area contributed by atoms with Crippen LogP contribution in [0.25, 0.3) is 32.7 Å². The van der Waals surface area contributed by atoms with Gasteiger partial charge in [-0.3, -0.25) is 4.79 Å². The first kappa shape index (κ1) is 13.1. The summed E-state index contributed by atoms with van der Waals surface area (Å²) in [4.78, 5) is 12.8. The summed E-state index contributed by atoms with van der Waals surface area (Å²) in [5.41, 5.74) is 0.312. The molecule has 0 bridgehead atoms. The Bertz CT molecular complexity index is 1220. The molecule has 0 saturated heterocycles. The molecule has 0 saturated carbocycles. The number of benzene rings is 3. The number of ether oxygens (including phenoxy) is 2. The van der Waals surface area contributed by atoms with E-state index in [0.717, 1.165) is 10.8 Å². The molecule has 0 amide bonds. The fourth-order valence-corrected chi connectivity index (χ4v) is 3.06. The summed E-state index contributed by atoms with van der Waals surface area (Å²) in [6, 6.07) is 9.55. The number of phenolic OH excluding ortho intramolecular Hbond substituents is 2. The zero-order valence-electron chi connectivity index (χ0n) is 12.2. The Hall–Kier alpha value is -3.41. The van der Waals surface area contributed by atoms with Gasteiger partial charge in [0.15, 0.2) is 23.0 Å². The van der Waals surface area contributed by atoms with E-state index >= 15 is 0 Å². The van der Waals surface area contributed by atoms with Gasteiger partial charge in [0.25, 0.3) is 0 Å². The van der Waals surface area contributed by atoms with Crippen LogP contribution in [0.15, 0.2) is 45.6 Å². The van der Waals surface area contributed by atoms with E-state index in [4.69, 9.17) is 13.9 Å². The monoisotopic (exact) mass is 322 g/mol. The van der Waals surface area contributed by atoms with E-state index in [-0.39, 0.29) is 34.7 Å². The van der Waals surface area contributed by atoms with Crippen molar-refractivity contribution in [1.29, 1.82) is 0 Å². The van der Waals surface area contributed by atoms with Crippen LogP contribution >= 0.6 is 0 Å². The van der Waals surface area contributed by atoms with Gasteiger partial charge in [-0.2, -0.15) is 0 Å². The molecule has 0 fully saturated rings. The molecule has 0 unspecified atom stereocenters. The highest BCUT2D eigenvalue weighted by atomic mass is 16.7. The number of aromatic hydroxyl groups is 2. The topological polar surface area (TPSA) is 89.1 Å². The summed E-state index contributed by atoms with van der Waals surface area (Å²) in [6.07, 6.45) is 0. The normalized spacial score (nSPS) is 13.2. The van der Waals surface area contributed by atoms with Crippen LogP contribution in [0.4, 0.5) is 0 Å². The average Bonchev–Trinajstić information content (AvgIpc) is 3.05. The fraction of sp³-hybridized carbons (Fsp3) is 0.0556. The van der Waals surface area contributed by atoms with Gasteiger partial charge in [-0.05, 0) is 29.7 Å². The SMILES string of the molecule is O=c1c2cc(O)c(O)cc2oc2cc3ccc4c(c3cc12)OCO4. The van der Waals surface area contributed by atoms with Crippen molar-refractivity contribution in [2.24, 2.45) is 0 Å². The first-order valence-electron chi connectivity index (χ1n) is 7.27. The second-order valence-electron chi connectivity index (χ2n) is 5.64. The Kier molecular flexibility index (Phi) is 2.35. The molecule has 3 aromatic carbocycles. The Balaban J connectivity index is 1.96. The maximum atomic E-state index is 12.8. The highest BCUT2D eigenvalue weighted by Crippen LogP contribution is 2.40. The fourth-order valence-electron chi connectivity index (χ4n) is 3.06. The molecule has 4 aromatic rings. The minimum Gasteiger partial charge on any atom is -0.504 e. The van der Waals surface area contributed by atoms with Gasteiger partial charge >= 0.3 is 0 Å². The second kappa shape index (κ2) is 4.32. The zero-order chi connectivity index (χ0) is 16.4. The van der Waals surface area contributed by atoms with Gasteiger partial charge in [-0.1, -0.05) is 6.07 Å². The second-order valence-corrected chi connectivity index (χ2v) is 5.64. The number of fused-ring (bicyclic) bond motifs is 5. The first-order chi connectivity index (χ1) is 11.6. The van der Waals surface area contributed by atoms with E-state index in [1.807, 2.05) is 6.07 Å². The van der Waals surface area contributed by atoms with Crippen LogP contribution in [-0.2, 0) is 0 Å². The molecule has 0 spiro atoms. The molecule has 5 rings (SSSR count). The van der Waals surface area contributed by atoms with E-state index in [0.29, 0.717) is 22.5 Å². The third-order valence-corrected chi connectivity index (χ3v) is 4.24. The number of phenols is 2. The van der Waals surface area contributed by atoms with Crippen LogP contribution in [0.3, 0.4) is 0 Å². The molecule has 0 atom stereocenters. The van der Waals surface area contributed by atoms with Crippen molar-refractivity contribution in [2.45, 2.75) is 0 Å². The van der Waals surface area contributed by atoms with Crippen LogP contribution in [0.1, 0.15) is 0 Å². The smallest absolute Gasteiger partial charge is 0.231 e. The average molecular weight is 322 g/mol. The van der Waals surface area contributed by atoms with Crippen LogP contribution in [0.5, 0.6) is 23.0 Å². The molecular weight excluding hydrogens is 312 g/mol. The van der Waals surface area contributed by atoms with Crippen LogP contribution < -0.4 is 14.9 Å². The summed E-state index contributed by atoms with van der Waals surface area (Å²) in [5.74, 6) is 0.527. The number of hydrogen-bond donors (Lipinski definition) is 2. The molecule has 1 aliphatic heterocycles. The minimum absolute atomic E-state index is 0.145. The van der Waals surface area contributed by atoms with Crippen molar-refractivity contribution in [2.75, 3.05) is 6.79 Å². The molecule has 1 aliphatic rings. The third-order valence-electron chi connectivity index (χ3n) is 4.24. The number of hydrogen-bond acceptors (Lipinski definition) is 6. The maximum absolute atomic E-state index is 12.8. The van der Waals surface area contributed by atoms with Gasteiger partial charge in [-0.25, -0.2) is 0 Å². The van der Waals surface area contributed by atoms with Crippen molar-refractivity contribution >= 4 is 32.7 Å². The highest BCUT2D eigenvalue weighted by molar-refractivity contribution is 6.02. The lowest BCUT2D eigenvalue weighted by Gasteiger charge is -2.07. The predicted octanol–water partition coefficient (Wildman–Crippen LogP) is 3.24. The maximum Gasteiger partial charge on any atom is 0.231 e. The van der Waals surface area contributed by atoms with Gasteiger partial charge in [0.05, 0.1) is 10.8 Å². The van der Waals surface area contributed by atoms with Crippen molar-refractivity contribution in [3.8, 4) is 23.0 Å². The summed E-state index contributed by atoms with van der Waals surface area (Å²) in [5, 5.41) is 21.4. The quantitative estimate of drug-likeness (QED) is 0.382. The third kappa shape index (κ3) is 1.62. The standard InChI is InChI=1S/C18H10O6/c19-12-5-11-16(6-13(12)20)24-15-3-8-1-2-14-18(23-7-22-14)9(8)4-10(15)17(11)21/h1-6,19-20H,7H2. The number of rotatable bonds is 0. The lowest BCUT2D eigenvalue weighted by Crippen LogP contribution is -2.02. The predicted molar refractivity (Wildman–Crippen MR) is 86.9 cm³/mol.